The van der Waals surface area contributed by atoms with E-state index in [1.54, 1.807) is 0 Å². The molecule has 0 aromatic rings. The Morgan fingerprint density at radius 2 is 0.613 bits per heavy atom. The van der Waals surface area contributed by atoms with Crippen LogP contribution in [0.5, 0.6) is 0 Å². The first kappa shape index (κ1) is 89.5. The van der Waals surface area contributed by atoms with Gasteiger partial charge in [0.25, 0.3) is 6.29 Å². The number of likely N-dealkylation sites (N-methyl/N-ethyl adjacent to an activating group) is 1. The summed E-state index contributed by atoms with van der Waals surface area (Å²) in [4.78, 5) is 37.7. The number of hydrogen-bond acceptors (Lipinski definition) is 7. The number of unbranched alkanes of at least 4 members (excludes halogenated alkanes) is 45. The summed E-state index contributed by atoms with van der Waals surface area (Å²) in [5.41, 5.74) is 0. The summed E-state index contributed by atoms with van der Waals surface area (Å²) in [5.74, 6) is -1.98. The highest BCUT2D eigenvalue weighted by Crippen LogP contribution is 2.19. The van der Waals surface area contributed by atoms with E-state index in [1.807, 2.05) is 21.1 Å². The van der Waals surface area contributed by atoms with Crippen LogP contribution in [0, 0.1) is 0 Å². The highest BCUT2D eigenvalue weighted by atomic mass is 16.7. The first-order chi connectivity index (χ1) is 45.6. The van der Waals surface area contributed by atoms with Gasteiger partial charge in [0.15, 0.2) is 6.10 Å². The van der Waals surface area contributed by atoms with E-state index in [-0.39, 0.29) is 38.2 Å². The number of carbonyl (C=O) groups is 3. The molecule has 0 aliphatic heterocycles. The third kappa shape index (κ3) is 75.7. The lowest BCUT2D eigenvalue weighted by Gasteiger charge is -2.25. The van der Waals surface area contributed by atoms with Crippen molar-refractivity contribution in [1.82, 2.24) is 0 Å². The Bertz CT molecular complexity index is 1810. The largest absolute Gasteiger partial charge is 0.477 e. The molecule has 540 valence electrons. The molecule has 0 aromatic heterocycles. The van der Waals surface area contributed by atoms with Crippen LogP contribution in [0.2, 0.25) is 0 Å². The van der Waals surface area contributed by atoms with Gasteiger partial charge in [0.05, 0.1) is 34.4 Å². The molecular formula is C84H152NO8+. The number of carboxylic acids is 1. The summed E-state index contributed by atoms with van der Waals surface area (Å²) in [6, 6.07) is 0. The minimum atomic E-state index is -1.51. The Morgan fingerprint density at radius 1 is 0.333 bits per heavy atom. The molecule has 0 radical (unpaired) electrons. The lowest BCUT2D eigenvalue weighted by Crippen LogP contribution is -2.40. The van der Waals surface area contributed by atoms with Crippen LogP contribution in [0.15, 0.2) is 85.1 Å². The minimum Gasteiger partial charge on any atom is -0.477 e. The quantitative estimate of drug-likeness (QED) is 0.0211. The van der Waals surface area contributed by atoms with Gasteiger partial charge in [-0.1, -0.05) is 356 Å². The Kier molecular flexibility index (Phi) is 71.4. The van der Waals surface area contributed by atoms with Crippen LogP contribution in [-0.2, 0) is 33.3 Å². The van der Waals surface area contributed by atoms with Crippen molar-refractivity contribution in [3.63, 3.8) is 0 Å². The number of allylic oxidation sites excluding steroid dienone is 14. The predicted molar refractivity (Wildman–Crippen MR) is 401 cm³/mol. The molecule has 0 aliphatic rings. The molecule has 0 aromatic carbocycles. The van der Waals surface area contributed by atoms with Gasteiger partial charge in [-0.05, 0) is 89.9 Å². The maximum Gasteiger partial charge on any atom is 0.361 e. The molecule has 0 heterocycles. The average molecular weight is 1300 g/mol. The van der Waals surface area contributed by atoms with Crippen LogP contribution in [0.3, 0.4) is 0 Å². The second-order valence-electron chi connectivity index (χ2n) is 28.0. The normalized spacial score (nSPS) is 13.1. The summed E-state index contributed by atoms with van der Waals surface area (Å²) in [7, 11) is 5.99. The molecule has 93 heavy (non-hydrogen) atoms. The number of ether oxygens (including phenoxy) is 4. The van der Waals surface area contributed by atoms with Crippen molar-refractivity contribution < 1.29 is 42.9 Å². The SMILES string of the molecule is CC/C=C\C/C=C\C/C=C\C/C=C\C/C=C\C/C=C\CCCCCCCCCCCCCCCCCCC(=O)OC(COC(=O)CCCCCCCCCCCCCCCCCCCCCCC/C=C\CCCCCCCCCC)COC(OCC[N+](C)(C)C)C(=O)O. The Hall–Kier alpha value is -3.53. The number of carbonyl (C=O) groups excluding carboxylic acids is 2. The van der Waals surface area contributed by atoms with Crippen LogP contribution in [0.4, 0.5) is 0 Å². The van der Waals surface area contributed by atoms with Crippen molar-refractivity contribution in [2.45, 2.75) is 386 Å². The third-order valence-corrected chi connectivity index (χ3v) is 17.6. The Labute approximate surface area is 576 Å². The van der Waals surface area contributed by atoms with Crippen molar-refractivity contribution in [2.24, 2.45) is 0 Å². The number of esters is 2. The number of nitrogens with zero attached hydrogens (tertiary/aromatic N) is 1. The lowest BCUT2D eigenvalue weighted by atomic mass is 10.0. The van der Waals surface area contributed by atoms with Crippen molar-refractivity contribution in [1.29, 1.82) is 0 Å². The average Bonchev–Trinajstić information content (AvgIpc) is 3.74. The smallest absolute Gasteiger partial charge is 0.361 e. The number of quaternary nitrogens is 1. The van der Waals surface area contributed by atoms with Crippen molar-refractivity contribution in [3.05, 3.63) is 85.1 Å². The van der Waals surface area contributed by atoms with E-state index in [0.717, 1.165) is 77.0 Å². The zero-order chi connectivity index (χ0) is 67.5. The van der Waals surface area contributed by atoms with Gasteiger partial charge >= 0.3 is 17.9 Å². The van der Waals surface area contributed by atoms with Gasteiger partial charge in [0, 0.05) is 12.8 Å². The molecule has 0 amide bonds. The van der Waals surface area contributed by atoms with E-state index in [2.05, 4.69) is 98.9 Å². The fraction of sp³-hybridized carbons (Fsp3) is 0.798. The number of hydrogen-bond donors (Lipinski definition) is 1. The lowest BCUT2D eigenvalue weighted by molar-refractivity contribution is -0.870. The zero-order valence-electron chi connectivity index (χ0n) is 61.9. The molecule has 0 bridgehead atoms. The highest BCUT2D eigenvalue weighted by molar-refractivity contribution is 5.71. The van der Waals surface area contributed by atoms with Crippen LogP contribution >= 0.6 is 0 Å². The second kappa shape index (κ2) is 74.3. The van der Waals surface area contributed by atoms with Gasteiger partial charge in [0.1, 0.15) is 13.2 Å². The molecule has 0 aliphatic carbocycles. The maximum absolute atomic E-state index is 13.0. The van der Waals surface area contributed by atoms with E-state index in [4.69, 9.17) is 18.9 Å². The zero-order valence-corrected chi connectivity index (χ0v) is 61.9. The van der Waals surface area contributed by atoms with E-state index in [0.29, 0.717) is 17.4 Å². The second-order valence-corrected chi connectivity index (χ2v) is 28.0. The van der Waals surface area contributed by atoms with Crippen LogP contribution in [0.1, 0.15) is 373 Å². The van der Waals surface area contributed by atoms with Crippen molar-refractivity contribution in [2.75, 3.05) is 47.5 Å². The topological polar surface area (TPSA) is 108 Å². The Morgan fingerprint density at radius 3 is 0.925 bits per heavy atom. The molecule has 2 atom stereocenters. The standard InChI is InChI=1S/C84H151NO8/c1-6-8-10-12-14-16-18-20-22-24-26-28-30-32-34-36-38-40-41-43-45-47-49-51-53-55-57-59-61-63-65-67-69-71-73-75-82(87)93-80(79-92-84(83(88)89)90-77-76-85(3,4)5)78-91-81(86)74-72-70-68-66-64-62-60-58-56-54-52-50-48-46-44-42-39-37-35-33-31-29-27-25-23-21-19-17-15-13-11-9-7-2/h8,10,14,16,20,22,25-28,32,34,38,40,80,84H,6-7,9,11-13,15,17-19,21,23-24,29-31,33,35-37,39,41-79H2,1-5H3/p+1/b10-8-,16-14-,22-20-,27-25-,28-26-,34-32-,40-38-. The first-order valence-corrected chi connectivity index (χ1v) is 39.8. The van der Waals surface area contributed by atoms with Crippen LogP contribution in [-0.4, -0.2) is 87.4 Å². The van der Waals surface area contributed by atoms with Gasteiger partial charge in [-0.3, -0.25) is 9.59 Å². The molecular weight excluding hydrogens is 1150 g/mol. The van der Waals surface area contributed by atoms with E-state index in [9.17, 15) is 19.5 Å². The van der Waals surface area contributed by atoms with Gasteiger partial charge in [-0.2, -0.15) is 0 Å². The van der Waals surface area contributed by atoms with E-state index >= 15 is 0 Å². The molecule has 0 rings (SSSR count). The van der Waals surface area contributed by atoms with Crippen LogP contribution < -0.4 is 0 Å². The van der Waals surface area contributed by atoms with Crippen molar-refractivity contribution >= 4 is 17.9 Å². The molecule has 0 saturated heterocycles. The number of rotatable bonds is 74. The molecule has 0 spiro atoms. The summed E-state index contributed by atoms with van der Waals surface area (Å²) in [6.07, 6.45) is 98.8. The van der Waals surface area contributed by atoms with E-state index < -0.39 is 18.4 Å². The van der Waals surface area contributed by atoms with Gasteiger partial charge in [0.2, 0.25) is 0 Å². The molecule has 9 heteroatoms. The molecule has 0 fully saturated rings. The van der Waals surface area contributed by atoms with Gasteiger partial charge < -0.3 is 28.5 Å². The maximum atomic E-state index is 13.0. The van der Waals surface area contributed by atoms with E-state index in [1.165, 1.54) is 270 Å². The molecule has 2 unspecified atom stereocenters. The van der Waals surface area contributed by atoms with Gasteiger partial charge in [-0.25, -0.2) is 4.79 Å². The third-order valence-electron chi connectivity index (χ3n) is 17.6. The number of aliphatic carboxylic acids is 1. The monoisotopic (exact) mass is 1300 g/mol. The Balaban J connectivity index is 4.01. The fourth-order valence-electron chi connectivity index (χ4n) is 11.6. The van der Waals surface area contributed by atoms with Gasteiger partial charge in [-0.15, -0.1) is 0 Å². The summed E-state index contributed by atoms with van der Waals surface area (Å²) < 4.78 is 23.1. The molecule has 9 nitrogen and oxygen atoms in total. The highest BCUT2D eigenvalue weighted by Gasteiger charge is 2.25. The first-order valence-electron chi connectivity index (χ1n) is 39.8. The fourth-order valence-corrected chi connectivity index (χ4v) is 11.6. The number of carboxylic acid groups (broad SMARTS) is 1. The predicted octanol–water partition coefficient (Wildman–Crippen LogP) is 25.4. The minimum absolute atomic E-state index is 0.180. The molecule has 1 N–H and O–H groups in total. The summed E-state index contributed by atoms with van der Waals surface area (Å²) in [6.45, 7) is 4.82. The van der Waals surface area contributed by atoms with Crippen LogP contribution in [0.25, 0.3) is 0 Å². The summed E-state index contributed by atoms with van der Waals surface area (Å²) >= 11 is 0. The summed E-state index contributed by atoms with van der Waals surface area (Å²) in [5, 5.41) is 9.77. The molecule has 0 saturated carbocycles. The van der Waals surface area contributed by atoms with Crippen molar-refractivity contribution in [3.8, 4) is 0 Å².